The Kier molecular flexibility index (Phi) is 10.1. The molecule has 0 heterocycles. The lowest BCUT2D eigenvalue weighted by molar-refractivity contribution is -0.119. The lowest BCUT2D eigenvalue weighted by Crippen LogP contribution is -2.26. The molecule has 0 saturated heterocycles. The van der Waals surface area contributed by atoms with Crippen molar-refractivity contribution in [2.24, 2.45) is 0 Å². The van der Waals surface area contributed by atoms with Crippen LogP contribution < -0.4 is 9.58 Å². The molecule has 0 aromatic heterocycles. The minimum Gasteiger partial charge on any atom is -0.286 e. The molecule has 19 heavy (non-hydrogen) atoms. The van der Waals surface area contributed by atoms with Crippen molar-refractivity contribution in [3.63, 3.8) is 0 Å². The quantitative estimate of drug-likeness (QED) is 0.516. The van der Waals surface area contributed by atoms with Crippen LogP contribution in [0.1, 0.15) is 26.7 Å². The Morgan fingerprint density at radius 1 is 1.32 bits per heavy atom. The van der Waals surface area contributed by atoms with Crippen LogP contribution in [0.4, 0.5) is 4.79 Å². The summed E-state index contributed by atoms with van der Waals surface area (Å²) in [5.74, 6) is 0.383. The third-order valence-electron chi connectivity index (χ3n) is 1.80. The number of carbonyl (C=O) groups excluding carboxylic acids is 2. The molecule has 1 unspecified atom stereocenters. The van der Waals surface area contributed by atoms with E-state index >= 15 is 0 Å². The van der Waals surface area contributed by atoms with Gasteiger partial charge >= 0.3 is 6.65 Å². The summed E-state index contributed by atoms with van der Waals surface area (Å²) in [5.41, 5.74) is 0. The van der Waals surface area contributed by atoms with E-state index in [1.807, 2.05) is 6.92 Å². The number of amides is 2. The molecule has 6 nitrogen and oxygen atoms in total. The second-order valence-corrected chi connectivity index (χ2v) is 9.95. The third-order valence-corrected chi connectivity index (χ3v) is 8.35. The SMILES string of the molecule is CCCSP(=O)(NSN(C)C(=O)SC)NC(=O)CC. The minimum absolute atomic E-state index is 0.161. The first-order valence-corrected chi connectivity index (χ1v) is 11.0. The molecule has 2 amide bonds. The second-order valence-electron chi connectivity index (χ2n) is 3.42. The fraction of sp³-hybridized carbons (Fsp3) is 0.778. The van der Waals surface area contributed by atoms with Crippen molar-refractivity contribution < 1.29 is 14.2 Å². The van der Waals surface area contributed by atoms with Gasteiger partial charge in [-0.25, -0.2) is 0 Å². The van der Waals surface area contributed by atoms with Gasteiger partial charge in [0.2, 0.25) is 5.91 Å². The topological polar surface area (TPSA) is 78.5 Å². The molecule has 0 rings (SSSR count). The van der Waals surface area contributed by atoms with E-state index in [-0.39, 0.29) is 17.6 Å². The summed E-state index contributed by atoms with van der Waals surface area (Å²) < 4.78 is 16.6. The Morgan fingerprint density at radius 2 is 1.95 bits per heavy atom. The van der Waals surface area contributed by atoms with E-state index in [4.69, 9.17) is 0 Å². The lowest BCUT2D eigenvalue weighted by atomic mass is 10.5. The van der Waals surface area contributed by atoms with Gasteiger partial charge in [0.25, 0.3) is 5.24 Å². The van der Waals surface area contributed by atoms with E-state index in [0.29, 0.717) is 5.75 Å². The molecule has 0 saturated carbocycles. The number of hydrogen-bond donors (Lipinski definition) is 2. The van der Waals surface area contributed by atoms with Gasteiger partial charge in [-0.2, -0.15) is 4.49 Å². The number of hydrogen-bond acceptors (Lipinski definition) is 6. The highest BCUT2D eigenvalue weighted by molar-refractivity contribution is 8.58. The average molecular weight is 345 g/mol. The van der Waals surface area contributed by atoms with Crippen molar-refractivity contribution in [2.45, 2.75) is 26.7 Å². The molecular formula is C9H20N3O3PS3. The number of thioether (sulfide) groups is 1. The van der Waals surface area contributed by atoms with Crippen LogP contribution in [-0.4, -0.2) is 34.5 Å². The number of nitrogens with one attached hydrogen (secondary N) is 2. The minimum atomic E-state index is -3.09. The number of rotatable bonds is 8. The van der Waals surface area contributed by atoms with Gasteiger partial charge in [0, 0.05) is 31.4 Å². The van der Waals surface area contributed by atoms with Crippen molar-refractivity contribution in [1.29, 1.82) is 0 Å². The van der Waals surface area contributed by atoms with Gasteiger partial charge in [-0.15, -0.1) is 0 Å². The highest BCUT2D eigenvalue weighted by atomic mass is 32.7. The fourth-order valence-corrected chi connectivity index (χ4v) is 6.39. The van der Waals surface area contributed by atoms with Crippen LogP contribution in [-0.2, 0) is 9.36 Å². The van der Waals surface area contributed by atoms with Crippen molar-refractivity contribution in [2.75, 3.05) is 19.1 Å². The molecule has 0 fully saturated rings. The molecule has 0 aliphatic carbocycles. The van der Waals surface area contributed by atoms with Crippen LogP contribution in [0.5, 0.6) is 0 Å². The molecule has 0 aliphatic rings. The van der Waals surface area contributed by atoms with Gasteiger partial charge < -0.3 is 0 Å². The van der Waals surface area contributed by atoms with Gasteiger partial charge in [0.1, 0.15) is 0 Å². The largest absolute Gasteiger partial charge is 0.303 e. The molecule has 0 bridgehead atoms. The first-order valence-electron chi connectivity index (χ1n) is 5.70. The van der Waals surface area contributed by atoms with Crippen LogP contribution in [0.2, 0.25) is 0 Å². The third kappa shape index (κ3) is 8.14. The molecule has 0 aromatic carbocycles. The number of carbonyl (C=O) groups is 2. The van der Waals surface area contributed by atoms with Crippen LogP contribution in [0.3, 0.4) is 0 Å². The molecule has 112 valence electrons. The van der Waals surface area contributed by atoms with Crippen molar-refractivity contribution in [1.82, 2.24) is 13.9 Å². The lowest BCUT2D eigenvalue weighted by Gasteiger charge is -2.21. The molecule has 2 N–H and O–H groups in total. The Labute approximate surface area is 127 Å². The summed E-state index contributed by atoms with van der Waals surface area (Å²) in [5, 5.41) is 2.33. The maximum atomic E-state index is 12.5. The van der Waals surface area contributed by atoms with Crippen molar-refractivity contribution in [3.8, 4) is 0 Å². The van der Waals surface area contributed by atoms with Crippen molar-refractivity contribution in [3.05, 3.63) is 0 Å². The molecule has 0 aromatic rings. The molecule has 1 atom stereocenters. The van der Waals surface area contributed by atoms with Crippen LogP contribution >= 0.6 is 41.9 Å². The van der Waals surface area contributed by atoms with E-state index in [1.54, 1.807) is 20.2 Å². The zero-order chi connectivity index (χ0) is 14.9. The number of nitrogens with zero attached hydrogens (tertiary/aromatic N) is 1. The molecule has 0 aliphatic heterocycles. The summed E-state index contributed by atoms with van der Waals surface area (Å²) in [6.45, 7) is 0.577. The maximum Gasteiger partial charge on any atom is 0.303 e. The molecular weight excluding hydrogens is 325 g/mol. The Bertz CT molecular complexity index is 357. The summed E-state index contributed by atoms with van der Waals surface area (Å²) in [4.78, 5) is 22.8. The fourth-order valence-electron chi connectivity index (χ4n) is 0.825. The average Bonchev–Trinajstić information content (AvgIpc) is 2.41. The predicted molar refractivity (Wildman–Crippen MR) is 86.2 cm³/mol. The normalized spacial score (nSPS) is 13.7. The van der Waals surface area contributed by atoms with E-state index in [1.165, 1.54) is 15.7 Å². The summed E-state index contributed by atoms with van der Waals surface area (Å²) in [6.07, 6.45) is 2.79. The monoisotopic (exact) mass is 345 g/mol. The Balaban J connectivity index is 4.54. The summed E-state index contributed by atoms with van der Waals surface area (Å²) in [6, 6.07) is 0. The van der Waals surface area contributed by atoms with E-state index in [0.717, 1.165) is 30.3 Å². The van der Waals surface area contributed by atoms with E-state index < -0.39 is 6.65 Å². The molecule has 10 heteroatoms. The summed E-state index contributed by atoms with van der Waals surface area (Å²) >= 11 is 3.17. The predicted octanol–water partition coefficient (Wildman–Crippen LogP) is 3.33. The maximum absolute atomic E-state index is 12.5. The standard InChI is InChI=1S/C9H20N3O3PS3/c1-5-7-18-16(15,10-8(13)6-2)11-19-12(3)9(14)17-4/h5-7H2,1-4H3,(H2,10,11,13,15). The zero-order valence-electron chi connectivity index (χ0n) is 11.5. The highest BCUT2D eigenvalue weighted by Gasteiger charge is 2.26. The first-order chi connectivity index (χ1) is 8.88. The Hall–Kier alpha value is 0.180. The zero-order valence-corrected chi connectivity index (χ0v) is 14.8. The second kappa shape index (κ2) is 9.99. The highest BCUT2D eigenvalue weighted by Crippen LogP contribution is 2.53. The Morgan fingerprint density at radius 3 is 2.42 bits per heavy atom. The van der Waals surface area contributed by atoms with Gasteiger partial charge in [-0.1, -0.05) is 37.0 Å². The van der Waals surface area contributed by atoms with Crippen LogP contribution in [0.25, 0.3) is 0 Å². The van der Waals surface area contributed by atoms with Crippen molar-refractivity contribution >= 4 is 53.1 Å². The smallest absolute Gasteiger partial charge is 0.286 e. The van der Waals surface area contributed by atoms with E-state index in [9.17, 15) is 14.2 Å². The van der Waals surface area contributed by atoms with Crippen LogP contribution in [0, 0.1) is 0 Å². The first kappa shape index (κ1) is 19.2. The van der Waals surface area contributed by atoms with Gasteiger partial charge in [-0.05, 0) is 12.7 Å². The van der Waals surface area contributed by atoms with Gasteiger partial charge in [0.15, 0.2) is 0 Å². The molecule has 0 radical (unpaired) electrons. The van der Waals surface area contributed by atoms with Crippen LogP contribution in [0.15, 0.2) is 0 Å². The molecule has 0 spiro atoms. The van der Waals surface area contributed by atoms with E-state index in [2.05, 4.69) is 9.58 Å². The van der Waals surface area contributed by atoms with Gasteiger partial charge in [0.05, 0.1) is 0 Å². The van der Waals surface area contributed by atoms with Gasteiger partial charge in [-0.3, -0.25) is 23.5 Å². The summed E-state index contributed by atoms with van der Waals surface area (Å²) in [7, 11) is 1.58.